The van der Waals surface area contributed by atoms with Crippen molar-refractivity contribution in [1.82, 2.24) is 4.72 Å². The van der Waals surface area contributed by atoms with Gasteiger partial charge in [-0.25, -0.2) is 13.1 Å². The Bertz CT molecular complexity index is 488. The molecule has 0 heterocycles. The lowest BCUT2D eigenvalue weighted by Gasteiger charge is -2.11. The summed E-state index contributed by atoms with van der Waals surface area (Å²) in [5, 5.41) is 0. The van der Waals surface area contributed by atoms with Crippen LogP contribution in [-0.2, 0) is 15.9 Å². The normalized spacial score (nSPS) is 11.8. The van der Waals surface area contributed by atoms with Gasteiger partial charge in [-0.1, -0.05) is 22.9 Å². The van der Waals surface area contributed by atoms with E-state index in [9.17, 15) is 8.42 Å². The molecule has 0 spiro atoms. The van der Waals surface area contributed by atoms with E-state index in [4.69, 9.17) is 11.6 Å². The minimum absolute atomic E-state index is 0.277. The zero-order chi connectivity index (χ0) is 12.3. The molecule has 1 aromatic carbocycles. The predicted molar refractivity (Wildman–Crippen MR) is 69.3 cm³/mol. The van der Waals surface area contributed by atoms with E-state index >= 15 is 0 Å². The molecule has 3 nitrogen and oxygen atoms in total. The summed E-state index contributed by atoms with van der Waals surface area (Å²) in [6.45, 7) is 3.87. The summed E-state index contributed by atoms with van der Waals surface area (Å²) in [4.78, 5) is 0.277. The molecule has 0 bridgehead atoms. The number of nitrogens with one attached hydrogen (secondary N) is 1. The lowest BCUT2D eigenvalue weighted by atomic mass is 10.2. The largest absolute Gasteiger partial charge is 0.240 e. The molecule has 90 valence electrons. The molecule has 1 rings (SSSR count). The SMILES string of the molecule is CCNS(=O)(=O)c1cc(CCl)cc(Br)c1C. The van der Waals surface area contributed by atoms with Crippen molar-refractivity contribution in [3.05, 3.63) is 27.7 Å². The van der Waals surface area contributed by atoms with Gasteiger partial charge in [-0.3, -0.25) is 0 Å². The summed E-state index contributed by atoms with van der Waals surface area (Å²) in [6.07, 6.45) is 0. The van der Waals surface area contributed by atoms with Crippen LogP contribution in [0.1, 0.15) is 18.1 Å². The quantitative estimate of drug-likeness (QED) is 0.865. The molecule has 0 radical (unpaired) electrons. The Labute approximate surface area is 109 Å². The second kappa shape index (κ2) is 5.49. The molecular formula is C10H13BrClNO2S. The number of rotatable bonds is 4. The van der Waals surface area contributed by atoms with Crippen LogP contribution in [-0.4, -0.2) is 15.0 Å². The van der Waals surface area contributed by atoms with Gasteiger partial charge in [0.1, 0.15) is 0 Å². The fourth-order valence-corrected chi connectivity index (χ4v) is 3.48. The van der Waals surface area contributed by atoms with E-state index in [1.807, 2.05) is 6.07 Å². The number of benzene rings is 1. The molecule has 16 heavy (non-hydrogen) atoms. The Balaban J connectivity index is 3.38. The number of halogens is 2. The van der Waals surface area contributed by atoms with Crippen LogP contribution in [0.5, 0.6) is 0 Å². The molecule has 0 atom stereocenters. The lowest BCUT2D eigenvalue weighted by molar-refractivity contribution is 0.583. The Morgan fingerprint density at radius 1 is 1.44 bits per heavy atom. The third-order valence-corrected chi connectivity index (χ3v) is 4.94. The molecule has 0 saturated heterocycles. The standard InChI is InChI=1S/C10H13BrClNO2S/c1-3-13-16(14,15)10-5-8(6-12)4-9(11)7(10)2/h4-5,13H,3,6H2,1-2H3. The van der Waals surface area contributed by atoms with Gasteiger partial charge in [-0.15, -0.1) is 11.6 Å². The van der Waals surface area contributed by atoms with Gasteiger partial charge < -0.3 is 0 Å². The first kappa shape index (κ1) is 14.0. The van der Waals surface area contributed by atoms with E-state index in [-0.39, 0.29) is 10.8 Å². The lowest BCUT2D eigenvalue weighted by Crippen LogP contribution is -2.24. The summed E-state index contributed by atoms with van der Waals surface area (Å²) in [5.74, 6) is 0.285. The van der Waals surface area contributed by atoms with Crippen molar-refractivity contribution in [2.24, 2.45) is 0 Å². The first-order valence-electron chi connectivity index (χ1n) is 4.77. The first-order valence-corrected chi connectivity index (χ1v) is 7.58. The molecule has 0 amide bonds. The molecular weight excluding hydrogens is 314 g/mol. The topological polar surface area (TPSA) is 46.2 Å². The molecule has 6 heteroatoms. The highest BCUT2D eigenvalue weighted by molar-refractivity contribution is 9.10. The molecule has 0 aromatic heterocycles. The van der Waals surface area contributed by atoms with Gasteiger partial charge in [0.25, 0.3) is 0 Å². The first-order chi connectivity index (χ1) is 7.42. The van der Waals surface area contributed by atoms with Gasteiger partial charge in [0.2, 0.25) is 10.0 Å². The molecule has 0 aliphatic heterocycles. The molecule has 0 aliphatic carbocycles. The highest BCUT2D eigenvalue weighted by Crippen LogP contribution is 2.26. The van der Waals surface area contributed by atoms with E-state index in [2.05, 4.69) is 20.7 Å². The average molecular weight is 327 g/mol. The van der Waals surface area contributed by atoms with E-state index in [0.717, 1.165) is 10.0 Å². The smallest absolute Gasteiger partial charge is 0.211 e. The van der Waals surface area contributed by atoms with Gasteiger partial charge in [0.15, 0.2) is 0 Å². The van der Waals surface area contributed by atoms with Crippen LogP contribution in [0.2, 0.25) is 0 Å². The van der Waals surface area contributed by atoms with Gasteiger partial charge in [-0.05, 0) is 30.2 Å². The summed E-state index contributed by atoms with van der Waals surface area (Å²) < 4.78 is 27.0. The van der Waals surface area contributed by atoms with Gasteiger partial charge in [-0.2, -0.15) is 0 Å². The predicted octanol–water partition coefficient (Wildman–Crippen LogP) is 2.79. The van der Waals surface area contributed by atoms with Crippen molar-refractivity contribution in [2.75, 3.05) is 6.54 Å². The highest BCUT2D eigenvalue weighted by atomic mass is 79.9. The van der Waals surface area contributed by atoms with Crippen molar-refractivity contribution in [3.8, 4) is 0 Å². The van der Waals surface area contributed by atoms with Crippen molar-refractivity contribution in [1.29, 1.82) is 0 Å². The Hall–Kier alpha value is -0.100. The second-order valence-corrected chi connectivity index (χ2v) is 6.19. The van der Waals surface area contributed by atoms with Crippen LogP contribution >= 0.6 is 27.5 Å². The van der Waals surface area contributed by atoms with Gasteiger partial charge in [0.05, 0.1) is 4.90 Å². The minimum atomic E-state index is -3.43. The van der Waals surface area contributed by atoms with E-state index in [1.54, 1.807) is 19.9 Å². The maximum Gasteiger partial charge on any atom is 0.240 e. The van der Waals surface area contributed by atoms with Crippen LogP contribution in [0.25, 0.3) is 0 Å². The zero-order valence-corrected chi connectivity index (χ0v) is 12.2. The van der Waals surface area contributed by atoms with Crippen LogP contribution in [0.4, 0.5) is 0 Å². The van der Waals surface area contributed by atoms with Gasteiger partial charge in [0, 0.05) is 16.9 Å². The third-order valence-electron chi connectivity index (χ3n) is 2.13. The van der Waals surface area contributed by atoms with Crippen molar-refractivity contribution in [3.63, 3.8) is 0 Å². The summed E-state index contributed by atoms with van der Waals surface area (Å²) in [7, 11) is -3.43. The number of sulfonamides is 1. The molecule has 0 aliphatic rings. The molecule has 0 unspecified atom stereocenters. The summed E-state index contributed by atoms with van der Waals surface area (Å²) in [5.41, 5.74) is 1.46. The summed E-state index contributed by atoms with van der Waals surface area (Å²) >= 11 is 9.04. The Kier molecular flexibility index (Phi) is 4.79. The Morgan fingerprint density at radius 3 is 2.56 bits per heavy atom. The summed E-state index contributed by atoms with van der Waals surface area (Å²) in [6, 6.07) is 3.43. The fraction of sp³-hybridized carbons (Fsp3) is 0.400. The van der Waals surface area contributed by atoms with Gasteiger partial charge >= 0.3 is 0 Å². The number of hydrogen-bond donors (Lipinski definition) is 1. The highest BCUT2D eigenvalue weighted by Gasteiger charge is 2.18. The van der Waals surface area contributed by atoms with E-state index < -0.39 is 10.0 Å². The van der Waals surface area contributed by atoms with E-state index in [0.29, 0.717) is 12.1 Å². The fourth-order valence-electron chi connectivity index (χ4n) is 1.33. The van der Waals surface area contributed by atoms with Crippen LogP contribution < -0.4 is 4.72 Å². The van der Waals surface area contributed by atoms with Crippen LogP contribution in [0, 0.1) is 6.92 Å². The maximum absolute atomic E-state index is 11.9. The molecule has 1 N–H and O–H groups in total. The molecule has 0 fully saturated rings. The number of alkyl halides is 1. The second-order valence-electron chi connectivity index (χ2n) is 3.34. The van der Waals surface area contributed by atoms with E-state index in [1.165, 1.54) is 0 Å². The number of hydrogen-bond acceptors (Lipinski definition) is 2. The molecule has 0 saturated carbocycles. The van der Waals surface area contributed by atoms with Crippen LogP contribution in [0.15, 0.2) is 21.5 Å². The maximum atomic E-state index is 11.9. The van der Waals surface area contributed by atoms with Crippen molar-refractivity contribution >= 4 is 37.6 Å². The van der Waals surface area contributed by atoms with Crippen molar-refractivity contribution < 1.29 is 8.42 Å². The Morgan fingerprint density at radius 2 is 2.06 bits per heavy atom. The van der Waals surface area contributed by atoms with Crippen LogP contribution in [0.3, 0.4) is 0 Å². The van der Waals surface area contributed by atoms with Crippen molar-refractivity contribution in [2.45, 2.75) is 24.6 Å². The zero-order valence-electron chi connectivity index (χ0n) is 9.05. The molecule has 1 aromatic rings. The monoisotopic (exact) mass is 325 g/mol. The third kappa shape index (κ3) is 2.97. The average Bonchev–Trinajstić information content (AvgIpc) is 2.21. The minimum Gasteiger partial charge on any atom is -0.211 e.